The second-order valence-electron chi connectivity index (χ2n) is 6.05. The highest BCUT2D eigenvalue weighted by Gasteiger charge is 2.30. The first kappa shape index (κ1) is 14.9. The molecule has 0 aliphatic carbocycles. The number of aromatic nitrogens is 1. The van der Waals surface area contributed by atoms with Crippen molar-refractivity contribution >= 4 is 17.7 Å². The molecular weight excluding hydrogens is 284 g/mol. The summed E-state index contributed by atoms with van der Waals surface area (Å²) in [4.78, 5) is 18.1. The highest BCUT2D eigenvalue weighted by molar-refractivity contribution is 7.99. The van der Waals surface area contributed by atoms with Gasteiger partial charge in [0.25, 0.3) is 0 Å². The average Bonchev–Trinajstić information content (AvgIpc) is 2.53. The third-order valence-electron chi connectivity index (χ3n) is 4.64. The quantitative estimate of drug-likeness (QED) is 0.866. The minimum Gasteiger partial charge on any atom is -0.478 e. The molecule has 2 fully saturated rings. The van der Waals surface area contributed by atoms with Crippen LogP contribution in [-0.2, 0) is 0 Å². The molecule has 2 aliphatic heterocycles. The lowest BCUT2D eigenvalue weighted by Gasteiger charge is -2.42. The van der Waals surface area contributed by atoms with Gasteiger partial charge in [0.2, 0.25) is 0 Å². The summed E-state index contributed by atoms with van der Waals surface area (Å²) >= 11 is 1.61. The SMILES string of the molecule is O=C(O)c1cccnc1SC[C@@H]1CCN2CCCC[C@@H]2C1. The number of fused-ring (bicyclic) bond motifs is 1. The van der Waals surface area contributed by atoms with Gasteiger partial charge in [-0.25, -0.2) is 9.78 Å². The Morgan fingerprint density at radius 3 is 3.14 bits per heavy atom. The second kappa shape index (κ2) is 6.79. The van der Waals surface area contributed by atoms with Crippen molar-refractivity contribution in [3.63, 3.8) is 0 Å². The first-order valence-electron chi connectivity index (χ1n) is 7.79. The predicted octanol–water partition coefficient (Wildman–Crippen LogP) is 3.14. The van der Waals surface area contributed by atoms with E-state index < -0.39 is 5.97 Å². The number of aromatic carboxylic acids is 1. The molecule has 0 unspecified atom stereocenters. The maximum Gasteiger partial charge on any atom is 0.338 e. The summed E-state index contributed by atoms with van der Waals surface area (Å²) in [5.74, 6) is 0.799. The number of hydrogen-bond acceptors (Lipinski definition) is 4. The predicted molar refractivity (Wildman–Crippen MR) is 83.9 cm³/mol. The summed E-state index contributed by atoms with van der Waals surface area (Å²) in [6, 6.07) is 4.09. The lowest BCUT2D eigenvalue weighted by atomic mass is 9.87. The third kappa shape index (κ3) is 3.58. The number of nitrogens with zero attached hydrogens (tertiary/aromatic N) is 2. The highest BCUT2D eigenvalue weighted by atomic mass is 32.2. The van der Waals surface area contributed by atoms with E-state index in [0.29, 0.717) is 16.5 Å². The molecule has 1 aromatic heterocycles. The fourth-order valence-electron chi connectivity index (χ4n) is 3.49. The maximum atomic E-state index is 11.2. The fraction of sp³-hybridized carbons (Fsp3) is 0.625. The molecule has 0 bridgehead atoms. The number of pyridine rings is 1. The molecule has 3 rings (SSSR count). The van der Waals surface area contributed by atoms with Crippen LogP contribution in [0.2, 0.25) is 0 Å². The number of carboxylic acids is 1. The second-order valence-corrected chi connectivity index (χ2v) is 7.06. The molecule has 0 aromatic carbocycles. The van der Waals surface area contributed by atoms with E-state index >= 15 is 0 Å². The van der Waals surface area contributed by atoms with Crippen LogP contribution in [0, 0.1) is 5.92 Å². The largest absolute Gasteiger partial charge is 0.478 e. The van der Waals surface area contributed by atoms with Gasteiger partial charge in [0, 0.05) is 18.0 Å². The van der Waals surface area contributed by atoms with Crippen LogP contribution < -0.4 is 0 Å². The first-order valence-corrected chi connectivity index (χ1v) is 8.78. The van der Waals surface area contributed by atoms with Crippen LogP contribution in [0.25, 0.3) is 0 Å². The van der Waals surface area contributed by atoms with Crippen LogP contribution in [0.4, 0.5) is 0 Å². The molecule has 2 saturated heterocycles. The van der Waals surface area contributed by atoms with Gasteiger partial charge in [-0.3, -0.25) is 0 Å². The minimum absolute atomic E-state index is 0.331. The van der Waals surface area contributed by atoms with Gasteiger partial charge in [0.15, 0.2) is 0 Å². The number of rotatable bonds is 4. The Bertz CT molecular complexity index is 509. The molecule has 2 atom stereocenters. The van der Waals surface area contributed by atoms with E-state index in [-0.39, 0.29) is 0 Å². The summed E-state index contributed by atoms with van der Waals surface area (Å²) < 4.78 is 0. The Hall–Kier alpha value is -1.07. The van der Waals surface area contributed by atoms with Crippen LogP contribution in [0.15, 0.2) is 23.4 Å². The number of piperidine rings is 2. The van der Waals surface area contributed by atoms with Crippen LogP contribution in [0.3, 0.4) is 0 Å². The van der Waals surface area contributed by atoms with Crippen LogP contribution in [-0.4, -0.2) is 45.8 Å². The lowest BCUT2D eigenvalue weighted by molar-refractivity contribution is 0.0692. The van der Waals surface area contributed by atoms with Crippen LogP contribution >= 0.6 is 11.8 Å². The van der Waals surface area contributed by atoms with E-state index in [4.69, 9.17) is 0 Å². The zero-order valence-electron chi connectivity index (χ0n) is 12.2. The van der Waals surface area contributed by atoms with Crippen molar-refractivity contribution in [3.05, 3.63) is 23.9 Å². The summed E-state index contributed by atoms with van der Waals surface area (Å²) in [5.41, 5.74) is 0.331. The zero-order valence-corrected chi connectivity index (χ0v) is 13.0. The Kier molecular flexibility index (Phi) is 4.80. The zero-order chi connectivity index (χ0) is 14.7. The topological polar surface area (TPSA) is 53.4 Å². The van der Waals surface area contributed by atoms with Gasteiger partial charge < -0.3 is 10.0 Å². The third-order valence-corrected chi connectivity index (χ3v) is 5.87. The number of carboxylic acid groups (broad SMARTS) is 1. The van der Waals surface area contributed by atoms with Crippen molar-refractivity contribution in [2.45, 2.75) is 43.2 Å². The molecule has 3 heterocycles. The average molecular weight is 306 g/mol. The standard InChI is InChI=1S/C16H22N2O2S/c19-16(20)14-5-3-7-17-15(14)21-11-12-6-9-18-8-2-1-4-13(18)10-12/h3,5,7,12-13H,1-2,4,6,8-11H2,(H,19,20)/t12-,13-/m1/s1. The van der Waals surface area contributed by atoms with E-state index in [1.807, 2.05) is 0 Å². The molecule has 2 aliphatic rings. The Morgan fingerprint density at radius 1 is 1.38 bits per heavy atom. The van der Waals surface area contributed by atoms with E-state index in [0.717, 1.165) is 11.8 Å². The minimum atomic E-state index is -0.882. The van der Waals surface area contributed by atoms with E-state index in [9.17, 15) is 9.90 Å². The smallest absolute Gasteiger partial charge is 0.338 e. The molecule has 0 amide bonds. The Balaban J connectivity index is 1.57. The molecule has 0 saturated carbocycles. The number of hydrogen-bond donors (Lipinski definition) is 1. The van der Waals surface area contributed by atoms with Crippen molar-refractivity contribution in [3.8, 4) is 0 Å². The van der Waals surface area contributed by atoms with Crippen LogP contribution in [0.1, 0.15) is 42.5 Å². The van der Waals surface area contributed by atoms with Gasteiger partial charge in [-0.05, 0) is 56.8 Å². The van der Waals surface area contributed by atoms with Crippen molar-refractivity contribution in [1.82, 2.24) is 9.88 Å². The van der Waals surface area contributed by atoms with E-state index in [1.165, 1.54) is 45.2 Å². The molecule has 21 heavy (non-hydrogen) atoms. The molecule has 0 spiro atoms. The first-order chi connectivity index (χ1) is 10.2. The lowest BCUT2D eigenvalue weighted by Crippen LogP contribution is -2.45. The Morgan fingerprint density at radius 2 is 2.29 bits per heavy atom. The van der Waals surface area contributed by atoms with Crippen molar-refractivity contribution in [1.29, 1.82) is 0 Å². The van der Waals surface area contributed by atoms with Crippen LogP contribution in [0.5, 0.6) is 0 Å². The van der Waals surface area contributed by atoms with E-state index in [2.05, 4.69) is 9.88 Å². The molecule has 1 aromatic rings. The van der Waals surface area contributed by atoms with Gasteiger partial charge in [-0.15, -0.1) is 11.8 Å². The van der Waals surface area contributed by atoms with Gasteiger partial charge >= 0.3 is 5.97 Å². The van der Waals surface area contributed by atoms with Gasteiger partial charge in [0.1, 0.15) is 5.03 Å². The Labute approximate surface area is 129 Å². The van der Waals surface area contributed by atoms with Gasteiger partial charge in [-0.1, -0.05) is 6.42 Å². The summed E-state index contributed by atoms with van der Waals surface area (Å²) in [6.07, 6.45) is 8.24. The van der Waals surface area contributed by atoms with Crippen molar-refractivity contribution in [2.75, 3.05) is 18.8 Å². The maximum absolute atomic E-state index is 11.2. The fourth-order valence-corrected chi connectivity index (χ4v) is 4.63. The summed E-state index contributed by atoms with van der Waals surface area (Å²) in [5, 5.41) is 9.86. The highest BCUT2D eigenvalue weighted by Crippen LogP contribution is 2.33. The monoisotopic (exact) mass is 306 g/mol. The molecule has 4 nitrogen and oxygen atoms in total. The van der Waals surface area contributed by atoms with Gasteiger partial charge in [-0.2, -0.15) is 0 Å². The van der Waals surface area contributed by atoms with Gasteiger partial charge in [0.05, 0.1) is 5.56 Å². The molecular formula is C16H22N2O2S. The molecule has 114 valence electrons. The number of carbonyl (C=O) groups is 1. The van der Waals surface area contributed by atoms with Crippen molar-refractivity contribution < 1.29 is 9.90 Å². The summed E-state index contributed by atoms with van der Waals surface area (Å²) in [7, 11) is 0. The molecule has 1 N–H and O–H groups in total. The molecule has 5 heteroatoms. The molecule has 0 radical (unpaired) electrons. The number of thioether (sulfide) groups is 1. The van der Waals surface area contributed by atoms with Crippen molar-refractivity contribution in [2.24, 2.45) is 5.92 Å². The summed E-state index contributed by atoms with van der Waals surface area (Å²) in [6.45, 7) is 2.48. The van der Waals surface area contributed by atoms with E-state index in [1.54, 1.807) is 30.1 Å². The normalized spacial score (nSPS) is 26.3.